The minimum Gasteiger partial charge on any atom is -0.480 e. The molecule has 7 heteroatoms. The molecule has 0 aromatic carbocycles. The van der Waals surface area contributed by atoms with Crippen molar-refractivity contribution in [3.8, 4) is 12.3 Å². The highest BCUT2D eigenvalue weighted by Gasteiger charge is 2.20. The van der Waals surface area contributed by atoms with Crippen LogP contribution in [0.3, 0.4) is 0 Å². The van der Waals surface area contributed by atoms with Crippen molar-refractivity contribution in [1.82, 2.24) is 9.80 Å². The zero-order valence-corrected chi connectivity index (χ0v) is 11.9. The van der Waals surface area contributed by atoms with Crippen LogP contribution in [-0.4, -0.2) is 47.0 Å². The van der Waals surface area contributed by atoms with Crippen LogP contribution in [-0.2, 0) is 11.3 Å². The average Bonchev–Trinajstić information content (AvgIpc) is 2.72. The van der Waals surface area contributed by atoms with Gasteiger partial charge >= 0.3 is 12.0 Å². The molecular formula is C12H13ClN2O3S. The molecule has 5 nitrogen and oxygen atoms in total. The van der Waals surface area contributed by atoms with Crippen LogP contribution in [0.4, 0.5) is 4.79 Å². The standard InChI is InChI=1S/C12H13ClN2O3S/c1-3-6-15(8-11(16)17)12(18)14(2)7-9-4-5-10(13)19-9/h1,4-5H,6-8H2,2H3,(H,16,17). The summed E-state index contributed by atoms with van der Waals surface area (Å²) in [4.78, 5) is 26.1. The molecule has 0 aliphatic rings. The van der Waals surface area contributed by atoms with Gasteiger partial charge in [0.05, 0.1) is 17.4 Å². The predicted molar refractivity (Wildman–Crippen MR) is 74.2 cm³/mol. The van der Waals surface area contributed by atoms with E-state index in [0.717, 1.165) is 9.78 Å². The van der Waals surface area contributed by atoms with E-state index in [1.54, 1.807) is 13.1 Å². The van der Waals surface area contributed by atoms with Crippen molar-refractivity contribution >= 4 is 34.9 Å². The van der Waals surface area contributed by atoms with E-state index in [1.807, 2.05) is 6.07 Å². The Labute approximate surface area is 120 Å². The van der Waals surface area contributed by atoms with Crippen LogP contribution in [0, 0.1) is 12.3 Å². The Kier molecular flexibility index (Phi) is 5.67. The third kappa shape index (κ3) is 4.81. The highest BCUT2D eigenvalue weighted by Crippen LogP contribution is 2.22. The normalized spacial score (nSPS) is 9.74. The maximum Gasteiger partial charge on any atom is 0.323 e. The Morgan fingerprint density at radius 1 is 1.53 bits per heavy atom. The van der Waals surface area contributed by atoms with E-state index in [4.69, 9.17) is 23.1 Å². The summed E-state index contributed by atoms with van der Waals surface area (Å²) in [6.45, 7) is -0.101. The number of amides is 2. The first-order valence-corrected chi connectivity index (χ1v) is 6.53. The molecule has 1 aromatic heterocycles. The Hall–Kier alpha value is -1.71. The summed E-state index contributed by atoms with van der Waals surface area (Å²) in [5.74, 6) is 1.17. The molecular weight excluding hydrogens is 288 g/mol. The van der Waals surface area contributed by atoms with Crippen LogP contribution in [0.1, 0.15) is 4.88 Å². The second-order valence-corrected chi connectivity index (χ2v) is 5.60. The minimum atomic E-state index is -1.10. The predicted octanol–water partition coefficient (Wildman–Crippen LogP) is 1.97. The van der Waals surface area contributed by atoms with Crippen LogP contribution in [0.5, 0.6) is 0 Å². The van der Waals surface area contributed by atoms with E-state index >= 15 is 0 Å². The molecule has 1 N–H and O–H groups in total. The minimum absolute atomic E-state index is 0.0410. The summed E-state index contributed by atoms with van der Waals surface area (Å²) in [6.07, 6.45) is 5.13. The van der Waals surface area contributed by atoms with Crippen LogP contribution < -0.4 is 0 Å². The Bertz CT molecular complexity index is 509. The van der Waals surface area contributed by atoms with Gasteiger partial charge in [-0.15, -0.1) is 17.8 Å². The van der Waals surface area contributed by atoms with E-state index in [0.29, 0.717) is 10.9 Å². The maximum absolute atomic E-state index is 12.0. The first kappa shape index (κ1) is 15.3. The number of hydrogen-bond donors (Lipinski definition) is 1. The van der Waals surface area contributed by atoms with E-state index in [2.05, 4.69) is 5.92 Å². The van der Waals surface area contributed by atoms with Gasteiger partial charge < -0.3 is 14.9 Å². The lowest BCUT2D eigenvalue weighted by Gasteiger charge is -2.25. The first-order valence-electron chi connectivity index (χ1n) is 5.33. The fraction of sp³-hybridized carbons (Fsp3) is 0.333. The van der Waals surface area contributed by atoms with Crippen LogP contribution in [0.15, 0.2) is 12.1 Å². The number of terminal acetylenes is 1. The third-order valence-corrected chi connectivity index (χ3v) is 3.44. The first-order chi connectivity index (χ1) is 8.93. The molecule has 0 radical (unpaired) electrons. The number of carbonyl (C=O) groups excluding carboxylic acids is 1. The number of aliphatic carboxylic acids is 1. The van der Waals surface area contributed by atoms with Gasteiger partial charge in [-0.1, -0.05) is 17.5 Å². The summed E-state index contributed by atoms with van der Waals surface area (Å²) < 4.78 is 0.641. The number of carboxylic acid groups (broad SMARTS) is 1. The maximum atomic E-state index is 12.0. The molecule has 1 aromatic rings. The number of halogens is 1. The van der Waals surface area contributed by atoms with Crippen molar-refractivity contribution in [3.05, 3.63) is 21.3 Å². The fourth-order valence-corrected chi connectivity index (χ4v) is 2.59. The largest absolute Gasteiger partial charge is 0.480 e. The van der Waals surface area contributed by atoms with Crippen molar-refractivity contribution in [2.45, 2.75) is 6.54 Å². The number of carboxylic acids is 1. The Morgan fingerprint density at radius 2 is 2.21 bits per heavy atom. The SMILES string of the molecule is C#CCN(CC(=O)O)C(=O)N(C)Cc1ccc(Cl)s1. The quantitative estimate of drug-likeness (QED) is 0.846. The Morgan fingerprint density at radius 3 is 2.68 bits per heavy atom. The van der Waals surface area contributed by atoms with Gasteiger partial charge in [0.2, 0.25) is 0 Å². The van der Waals surface area contributed by atoms with Gasteiger partial charge in [0.1, 0.15) is 6.54 Å². The van der Waals surface area contributed by atoms with Crippen LogP contribution in [0.25, 0.3) is 0 Å². The summed E-state index contributed by atoms with van der Waals surface area (Å²) in [6, 6.07) is 3.14. The zero-order chi connectivity index (χ0) is 14.4. The number of carbonyl (C=O) groups is 2. The number of rotatable bonds is 5. The van der Waals surface area contributed by atoms with Gasteiger partial charge in [0.25, 0.3) is 0 Å². The van der Waals surface area contributed by atoms with E-state index in [1.165, 1.54) is 16.2 Å². The highest BCUT2D eigenvalue weighted by atomic mass is 35.5. The van der Waals surface area contributed by atoms with Gasteiger partial charge in [-0.25, -0.2) is 4.79 Å². The van der Waals surface area contributed by atoms with Crippen molar-refractivity contribution in [2.24, 2.45) is 0 Å². The van der Waals surface area contributed by atoms with Crippen molar-refractivity contribution < 1.29 is 14.7 Å². The highest BCUT2D eigenvalue weighted by molar-refractivity contribution is 7.16. The molecule has 0 unspecified atom stereocenters. The van der Waals surface area contributed by atoms with Gasteiger partial charge in [-0.05, 0) is 12.1 Å². The van der Waals surface area contributed by atoms with Crippen molar-refractivity contribution in [3.63, 3.8) is 0 Å². The summed E-state index contributed by atoms with van der Waals surface area (Å²) in [5.41, 5.74) is 0. The van der Waals surface area contributed by atoms with Gasteiger partial charge in [0, 0.05) is 11.9 Å². The molecule has 0 fully saturated rings. The van der Waals surface area contributed by atoms with Gasteiger partial charge in [0.15, 0.2) is 0 Å². The number of nitrogens with zero attached hydrogens (tertiary/aromatic N) is 2. The monoisotopic (exact) mass is 300 g/mol. The molecule has 2 amide bonds. The molecule has 0 saturated carbocycles. The molecule has 1 rings (SSSR count). The van der Waals surface area contributed by atoms with E-state index < -0.39 is 18.5 Å². The summed E-state index contributed by atoms with van der Waals surface area (Å²) in [7, 11) is 1.58. The molecule has 0 aliphatic carbocycles. The lowest BCUT2D eigenvalue weighted by molar-refractivity contribution is -0.137. The smallest absolute Gasteiger partial charge is 0.323 e. The molecule has 1 heterocycles. The van der Waals surface area contributed by atoms with Crippen LogP contribution in [0.2, 0.25) is 4.34 Å². The number of hydrogen-bond acceptors (Lipinski definition) is 3. The molecule has 19 heavy (non-hydrogen) atoms. The zero-order valence-electron chi connectivity index (χ0n) is 10.3. The van der Waals surface area contributed by atoms with Crippen LogP contribution >= 0.6 is 22.9 Å². The second-order valence-electron chi connectivity index (χ2n) is 3.80. The molecule has 0 atom stereocenters. The molecule has 102 valence electrons. The number of thiophene rings is 1. The Balaban J connectivity index is 2.67. The second kappa shape index (κ2) is 7.02. The molecule has 0 saturated heterocycles. The molecule has 0 bridgehead atoms. The average molecular weight is 301 g/mol. The van der Waals surface area contributed by atoms with Gasteiger partial charge in [-0.2, -0.15) is 0 Å². The molecule has 0 spiro atoms. The lowest BCUT2D eigenvalue weighted by atomic mass is 10.4. The number of urea groups is 1. The van der Waals surface area contributed by atoms with Crippen molar-refractivity contribution in [2.75, 3.05) is 20.1 Å². The van der Waals surface area contributed by atoms with E-state index in [9.17, 15) is 9.59 Å². The summed E-state index contributed by atoms with van der Waals surface area (Å²) >= 11 is 7.17. The van der Waals surface area contributed by atoms with Gasteiger partial charge in [-0.3, -0.25) is 4.79 Å². The lowest BCUT2D eigenvalue weighted by Crippen LogP contribution is -2.43. The third-order valence-electron chi connectivity index (χ3n) is 2.23. The van der Waals surface area contributed by atoms with E-state index in [-0.39, 0.29) is 6.54 Å². The topological polar surface area (TPSA) is 60.9 Å². The summed E-state index contributed by atoms with van der Waals surface area (Å²) in [5, 5.41) is 8.74. The molecule has 0 aliphatic heterocycles. The fourth-order valence-electron chi connectivity index (χ4n) is 1.44. The van der Waals surface area contributed by atoms with Crippen molar-refractivity contribution in [1.29, 1.82) is 0 Å².